The molecule has 0 amide bonds. The van der Waals surface area contributed by atoms with Gasteiger partial charge < -0.3 is 16.4 Å². The van der Waals surface area contributed by atoms with Gasteiger partial charge in [0.05, 0.1) is 5.69 Å². The largest absolute Gasteiger partial charge is 0.368 e. The van der Waals surface area contributed by atoms with Crippen molar-refractivity contribution in [3.8, 4) is 17.1 Å². The molecule has 0 spiro atoms. The molecule has 2 aromatic carbocycles. The van der Waals surface area contributed by atoms with Crippen LogP contribution in [0.5, 0.6) is 0 Å². The van der Waals surface area contributed by atoms with Gasteiger partial charge in [-0.1, -0.05) is 42.5 Å². The van der Waals surface area contributed by atoms with Crippen LogP contribution in [0.2, 0.25) is 0 Å². The Balaban J connectivity index is 0.948. The zero-order valence-electron chi connectivity index (χ0n) is 24.0. The van der Waals surface area contributed by atoms with Crippen molar-refractivity contribution in [2.75, 3.05) is 17.6 Å². The highest BCUT2D eigenvalue weighted by atomic mass is 15.4. The van der Waals surface area contributed by atoms with Gasteiger partial charge in [-0.3, -0.25) is 0 Å². The average molecular weight is 559 g/mol. The molecule has 42 heavy (non-hydrogen) atoms. The first kappa shape index (κ1) is 25.7. The van der Waals surface area contributed by atoms with Gasteiger partial charge in [0, 0.05) is 17.3 Å². The van der Waals surface area contributed by atoms with E-state index in [9.17, 15) is 0 Å². The van der Waals surface area contributed by atoms with Crippen molar-refractivity contribution in [1.29, 1.82) is 0 Å². The van der Waals surface area contributed by atoms with Crippen LogP contribution < -0.4 is 16.4 Å². The van der Waals surface area contributed by atoms with Gasteiger partial charge in [0.1, 0.15) is 0 Å². The zero-order valence-corrected chi connectivity index (χ0v) is 24.0. The molecule has 8 nitrogen and oxygen atoms in total. The Morgan fingerprint density at radius 2 is 1.74 bits per heavy atom. The minimum atomic E-state index is 0.287. The second-order valence-electron chi connectivity index (χ2n) is 12.6. The van der Waals surface area contributed by atoms with Crippen molar-refractivity contribution in [3.63, 3.8) is 0 Å². The van der Waals surface area contributed by atoms with E-state index in [-0.39, 0.29) is 5.95 Å². The molecule has 2 aromatic heterocycles. The molecule has 1 saturated carbocycles. The lowest BCUT2D eigenvalue weighted by Gasteiger charge is -2.23. The molecule has 3 unspecified atom stereocenters. The Morgan fingerprint density at radius 3 is 2.62 bits per heavy atom. The summed E-state index contributed by atoms with van der Waals surface area (Å²) in [4.78, 5) is 4.51. The maximum absolute atomic E-state index is 6.32. The van der Waals surface area contributed by atoms with Gasteiger partial charge in [-0.05, 0) is 123 Å². The Morgan fingerprint density at radius 1 is 0.857 bits per heavy atom. The molecule has 0 aliphatic heterocycles. The molecule has 2 heterocycles. The van der Waals surface area contributed by atoms with Crippen LogP contribution in [-0.4, -0.2) is 37.5 Å². The predicted molar refractivity (Wildman–Crippen MR) is 166 cm³/mol. The van der Waals surface area contributed by atoms with Crippen LogP contribution in [0.1, 0.15) is 54.4 Å². The van der Waals surface area contributed by atoms with E-state index >= 15 is 0 Å². The standard InChI is InChI=1S/C34H38N8/c35-33-38-34(41-42(33)31-19-26-6-3-5-23-4-1-2-7-30(23)32(26)40-39-31)37-29-15-11-22-10-13-28(14-12-25(22)18-29)36-20-27-17-21-8-9-24(27)16-21/h1-2,4,7-9,11,15,18-19,21,24,27-28,36H,3,5-6,10,12-14,16-17,20H2,(H3,35,37,38,41)/t21?,24?,27?,28-/m1/s1. The van der Waals surface area contributed by atoms with Crippen molar-refractivity contribution in [2.45, 2.75) is 63.8 Å². The molecule has 4 atom stereocenters. The lowest BCUT2D eigenvalue weighted by molar-refractivity contribution is 0.366. The summed E-state index contributed by atoms with van der Waals surface area (Å²) in [6.07, 6.45) is 15.3. The van der Waals surface area contributed by atoms with Crippen LogP contribution in [0.3, 0.4) is 0 Å². The fourth-order valence-corrected chi connectivity index (χ4v) is 7.69. The third-order valence-corrected chi connectivity index (χ3v) is 9.95. The van der Waals surface area contributed by atoms with E-state index in [1.165, 1.54) is 53.5 Å². The number of benzene rings is 2. The van der Waals surface area contributed by atoms with Gasteiger partial charge in [0.15, 0.2) is 5.82 Å². The molecule has 8 heteroatoms. The zero-order chi connectivity index (χ0) is 28.0. The summed E-state index contributed by atoms with van der Waals surface area (Å²) in [6, 6.07) is 17.8. The number of nitrogens with zero attached hydrogens (tertiary/aromatic N) is 5. The number of hydrogen-bond acceptors (Lipinski definition) is 7. The molecular formula is C34H38N8. The van der Waals surface area contributed by atoms with Crippen molar-refractivity contribution in [3.05, 3.63) is 82.9 Å². The number of aromatic nitrogens is 5. The summed E-state index contributed by atoms with van der Waals surface area (Å²) in [6.45, 7) is 1.16. The van der Waals surface area contributed by atoms with Crippen LogP contribution in [-0.2, 0) is 25.7 Å². The molecule has 214 valence electrons. The van der Waals surface area contributed by atoms with Crippen LogP contribution >= 0.6 is 0 Å². The fourth-order valence-electron chi connectivity index (χ4n) is 7.69. The summed E-state index contributed by atoms with van der Waals surface area (Å²) < 4.78 is 1.58. The molecule has 4 aliphatic carbocycles. The van der Waals surface area contributed by atoms with E-state index in [1.807, 2.05) is 0 Å². The van der Waals surface area contributed by atoms with E-state index in [1.54, 1.807) is 4.68 Å². The third kappa shape index (κ3) is 4.87. The van der Waals surface area contributed by atoms with E-state index in [4.69, 9.17) is 5.73 Å². The van der Waals surface area contributed by atoms with Crippen molar-refractivity contribution < 1.29 is 0 Å². The number of fused-ring (bicyclic) bond motifs is 6. The third-order valence-electron chi connectivity index (χ3n) is 9.95. The SMILES string of the molecule is Nc1nc(Nc2ccc3c(c2)CC[C@H](NCC2CC4C=CC2C4)CC3)nn1-c1cc2c(nn1)-c1ccccc1CCC2. The van der Waals surface area contributed by atoms with Crippen molar-refractivity contribution in [2.24, 2.45) is 17.8 Å². The molecule has 2 bridgehead atoms. The van der Waals surface area contributed by atoms with Crippen LogP contribution in [0, 0.1) is 17.8 Å². The number of hydrogen-bond donors (Lipinski definition) is 3. The molecule has 4 aliphatic rings. The van der Waals surface area contributed by atoms with E-state index in [0.717, 1.165) is 67.8 Å². The first-order valence-electron chi connectivity index (χ1n) is 15.6. The van der Waals surface area contributed by atoms with Gasteiger partial charge in [0.25, 0.3) is 0 Å². The van der Waals surface area contributed by atoms with E-state index in [0.29, 0.717) is 17.8 Å². The van der Waals surface area contributed by atoms with Crippen molar-refractivity contribution >= 4 is 17.6 Å². The van der Waals surface area contributed by atoms with Gasteiger partial charge in [-0.25, -0.2) is 0 Å². The summed E-state index contributed by atoms with van der Waals surface area (Å²) in [5.74, 6) is 3.82. The van der Waals surface area contributed by atoms with Crippen LogP contribution in [0.15, 0.2) is 60.7 Å². The minimum Gasteiger partial charge on any atom is -0.368 e. The maximum Gasteiger partial charge on any atom is 0.248 e. The highest BCUT2D eigenvalue weighted by molar-refractivity contribution is 5.68. The normalized spacial score (nSPS) is 24.0. The Labute approximate surface area is 246 Å². The summed E-state index contributed by atoms with van der Waals surface area (Å²) in [5, 5.41) is 21.1. The molecule has 1 fully saturated rings. The molecule has 0 radical (unpaired) electrons. The lowest BCUT2D eigenvalue weighted by Crippen LogP contribution is -2.34. The topological polar surface area (TPSA) is 107 Å². The summed E-state index contributed by atoms with van der Waals surface area (Å²) >= 11 is 0. The molecule has 0 saturated heterocycles. The van der Waals surface area contributed by atoms with Crippen LogP contribution in [0.4, 0.5) is 17.6 Å². The summed E-state index contributed by atoms with van der Waals surface area (Å²) in [5.41, 5.74) is 14.8. The average Bonchev–Trinajstić information content (AvgIpc) is 3.65. The first-order valence-corrected chi connectivity index (χ1v) is 15.6. The molecule has 8 rings (SSSR count). The van der Waals surface area contributed by atoms with Gasteiger partial charge in [-0.15, -0.1) is 15.3 Å². The van der Waals surface area contributed by atoms with E-state index in [2.05, 4.69) is 91.6 Å². The second kappa shape index (κ2) is 10.7. The smallest absolute Gasteiger partial charge is 0.248 e. The second-order valence-corrected chi connectivity index (χ2v) is 12.6. The predicted octanol–water partition coefficient (Wildman–Crippen LogP) is 5.59. The van der Waals surface area contributed by atoms with Gasteiger partial charge in [0.2, 0.25) is 11.9 Å². The Kier molecular flexibility index (Phi) is 6.51. The number of nitrogens with one attached hydrogen (secondary N) is 2. The first-order chi connectivity index (χ1) is 20.7. The fraction of sp³-hybridized carbons (Fsp3) is 0.412. The number of anilines is 3. The van der Waals surface area contributed by atoms with Crippen molar-refractivity contribution in [1.82, 2.24) is 30.3 Å². The number of aryl methyl sites for hydroxylation is 4. The molecular weight excluding hydrogens is 520 g/mol. The number of allylic oxidation sites excluding steroid dienone is 2. The Bertz CT molecular complexity index is 1660. The lowest BCUT2D eigenvalue weighted by atomic mass is 9.93. The monoisotopic (exact) mass is 558 g/mol. The van der Waals surface area contributed by atoms with Crippen LogP contribution in [0.25, 0.3) is 17.1 Å². The van der Waals surface area contributed by atoms with Gasteiger partial charge in [-0.2, -0.15) is 9.67 Å². The highest BCUT2D eigenvalue weighted by Gasteiger charge is 2.35. The number of rotatable bonds is 6. The number of nitrogen functional groups attached to an aromatic ring is 1. The summed E-state index contributed by atoms with van der Waals surface area (Å²) in [7, 11) is 0. The molecule has 4 N–H and O–H groups in total. The minimum absolute atomic E-state index is 0.287. The molecule has 4 aromatic rings. The highest BCUT2D eigenvalue weighted by Crippen LogP contribution is 2.43. The number of nitrogens with two attached hydrogens (primary N) is 1. The van der Waals surface area contributed by atoms with E-state index < -0.39 is 0 Å². The Hall–Kier alpha value is -4.04. The quantitative estimate of drug-likeness (QED) is 0.209. The maximum atomic E-state index is 6.32. The van der Waals surface area contributed by atoms with Gasteiger partial charge >= 0.3 is 0 Å².